The van der Waals surface area contributed by atoms with Crippen LogP contribution in [0.1, 0.15) is 20.8 Å². The fourth-order valence-electron chi connectivity index (χ4n) is 0.600. The third-order valence-electron chi connectivity index (χ3n) is 0.891. The lowest BCUT2D eigenvalue weighted by atomic mass is 10.1. The van der Waals surface area contributed by atoms with Crippen LogP contribution in [0.3, 0.4) is 0 Å². The molecule has 0 bridgehead atoms. The van der Waals surface area contributed by atoms with Gasteiger partial charge in [-0.2, -0.15) is 5.48 Å². The predicted octanol–water partition coefficient (Wildman–Crippen LogP) is 0.0521. The Morgan fingerprint density at radius 2 is 2.00 bits per heavy atom. The third kappa shape index (κ3) is 7.29. The van der Waals surface area contributed by atoms with Crippen LogP contribution in [0.25, 0.3) is 0 Å². The summed E-state index contributed by atoms with van der Waals surface area (Å²) in [6.45, 7) is 5.97. The molecule has 0 aliphatic carbocycles. The molecule has 4 nitrogen and oxygen atoms in total. The molecule has 0 aromatic rings. The molecule has 0 heterocycles. The molecule has 0 aromatic heterocycles. The van der Waals surface area contributed by atoms with E-state index in [0.717, 1.165) is 0 Å². The molecule has 0 unspecified atom stereocenters. The lowest BCUT2D eigenvalue weighted by molar-refractivity contribution is -0.123. The maximum absolute atomic E-state index is 11.0. The van der Waals surface area contributed by atoms with Gasteiger partial charge in [0.05, 0.1) is 13.7 Å². The van der Waals surface area contributed by atoms with Crippen LogP contribution in [0.5, 0.6) is 0 Å². The number of nitrogens with one attached hydrogen (secondary N) is 2. The molecule has 0 aliphatic rings. The first-order valence-corrected chi connectivity index (χ1v) is 3.52. The highest BCUT2D eigenvalue weighted by molar-refractivity contribution is 5.78. The summed E-state index contributed by atoms with van der Waals surface area (Å²) in [5.74, 6) is -0.0700. The lowest BCUT2D eigenvalue weighted by Gasteiger charge is -2.20. The van der Waals surface area contributed by atoms with E-state index in [1.54, 1.807) is 0 Å². The highest BCUT2D eigenvalue weighted by atomic mass is 16.6. The second kappa shape index (κ2) is 4.31. The van der Waals surface area contributed by atoms with E-state index >= 15 is 0 Å². The van der Waals surface area contributed by atoms with E-state index in [1.807, 2.05) is 20.8 Å². The van der Waals surface area contributed by atoms with Crippen molar-refractivity contribution in [2.75, 3.05) is 13.7 Å². The summed E-state index contributed by atoms with van der Waals surface area (Å²) < 4.78 is 0. The molecule has 0 fully saturated rings. The molecule has 0 saturated carbocycles. The van der Waals surface area contributed by atoms with Crippen molar-refractivity contribution in [3.05, 3.63) is 0 Å². The summed E-state index contributed by atoms with van der Waals surface area (Å²) in [6, 6.07) is 0. The normalized spacial score (nSPS) is 11.3. The average Bonchev–Trinajstić information content (AvgIpc) is 1.79. The van der Waals surface area contributed by atoms with Crippen LogP contribution in [0.4, 0.5) is 0 Å². The number of hydrogen-bond acceptors (Lipinski definition) is 3. The minimum absolute atomic E-state index is 0.0700. The lowest BCUT2D eigenvalue weighted by Crippen LogP contribution is -2.44. The van der Waals surface area contributed by atoms with Crippen molar-refractivity contribution in [1.82, 2.24) is 10.8 Å². The van der Waals surface area contributed by atoms with E-state index in [9.17, 15) is 4.79 Å². The Morgan fingerprint density at radius 1 is 1.45 bits per heavy atom. The van der Waals surface area contributed by atoms with E-state index in [1.165, 1.54) is 7.11 Å². The maximum atomic E-state index is 11.0. The van der Waals surface area contributed by atoms with Gasteiger partial charge < -0.3 is 10.2 Å². The number of rotatable bonds is 3. The average molecular weight is 160 g/mol. The number of hydroxylamine groups is 1. The third-order valence-corrected chi connectivity index (χ3v) is 0.891. The van der Waals surface area contributed by atoms with E-state index in [-0.39, 0.29) is 18.0 Å². The topological polar surface area (TPSA) is 50.4 Å². The number of hydrogen-bond donors (Lipinski definition) is 2. The van der Waals surface area contributed by atoms with Crippen LogP contribution >= 0.6 is 0 Å². The smallest absolute Gasteiger partial charge is 0.236 e. The Labute approximate surface area is 67.3 Å². The minimum Gasteiger partial charge on any atom is -0.350 e. The zero-order valence-electron chi connectivity index (χ0n) is 7.52. The molecule has 0 aliphatic heterocycles. The molecule has 0 saturated heterocycles. The first-order valence-electron chi connectivity index (χ1n) is 3.52. The molecule has 0 spiro atoms. The molecule has 2 N–H and O–H groups in total. The molecule has 0 atom stereocenters. The van der Waals surface area contributed by atoms with Gasteiger partial charge in [-0.05, 0) is 20.8 Å². The van der Waals surface area contributed by atoms with Crippen LogP contribution in [-0.2, 0) is 9.63 Å². The first kappa shape index (κ1) is 10.4. The van der Waals surface area contributed by atoms with Crippen LogP contribution in [0.2, 0.25) is 0 Å². The summed E-state index contributed by atoms with van der Waals surface area (Å²) in [5, 5.41) is 2.77. The fraction of sp³-hybridized carbons (Fsp3) is 0.857. The molecule has 0 aromatic carbocycles. The van der Waals surface area contributed by atoms with Crippen molar-refractivity contribution in [1.29, 1.82) is 0 Å². The summed E-state index contributed by atoms with van der Waals surface area (Å²) in [6.07, 6.45) is 0. The SMILES string of the molecule is CONCC(=O)NC(C)(C)C. The largest absolute Gasteiger partial charge is 0.350 e. The second-order valence-corrected chi connectivity index (χ2v) is 3.32. The van der Waals surface area contributed by atoms with Gasteiger partial charge in [-0.1, -0.05) is 0 Å². The highest BCUT2D eigenvalue weighted by Gasteiger charge is 2.12. The number of amides is 1. The first-order chi connectivity index (χ1) is 4.95. The standard InChI is InChI=1S/C7H16N2O2/c1-7(2,3)9-6(10)5-8-11-4/h8H,5H2,1-4H3,(H,9,10). The quantitative estimate of drug-likeness (QED) is 0.574. The van der Waals surface area contributed by atoms with Crippen molar-refractivity contribution < 1.29 is 9.63 Å². The van der Waals surface area contributed by atoms with E-state index in [2.05, 4.69) is 15.6 Å². The van der Waals surface area contributed by atoms with Gasteiger partial charge in [0.25, 0.3) is 0 Å². The van der Waals surface area contributed by atoms with Crippen molar-refractivity contribution in [3.63, 3.8) is 0 Å². The molecular formula is C7H16N2O2. The zero-order valence-corrected chi connectivity index (χ0v) is 7.52. The van der Waals surface area contributed by atoms with Crippen LogP contribution in [0.15, 0.2) is 0 Å². The van der Waals surface area contributed by atoms with Crippen molar-refractivity contribution >= 4 is 5.91 Å². The van der Waals surface area contributed by atoms with Gasteiger partial charge in [-0.3, -0.25) is 4.79 Å². The van der Waals surface area contributed by atoms with Gasteiger partial charge in [-0.15, -0.1) is 0 Å². The summed E-state index contributed by atoms with van der Waals surface area (Å²) in [7, 11) is 1.48. The fourth-order valence-corrected chi connectivity index (χ4v) is 0.600. The van der Waals surface area contributed by atoms with Gasteiger partial charge in [0.15, 0.2) is 0 Å². The van der Waals surface area contributed by atoms with Gasteiger partial charge in [-0.25, -0.2) is 0 Å². The summed E-state index contributed by atoms with van der Waals surface area (Å²) in [5.41, 5.74) is 2.28. The van der Waals surface area contributed by atoms with Gasteiger partial charge in [0.1, 0.15) is 0 Å². The zero-order chi connectivity index (χ0) is 8.91. The second-order valence-electron chi connectivity index (χ2n) is 3.32. The van der Waals surface area contributed by atoms with Crippen molar-refractivity contribution in [2.24, 2.45) is 0 Å². The number of carbonyl (C=O) groups is 1. The molecule has 1 amide bonds. The molecule has 11 heavy (non-hydrogen) atoms. The number of carbonyl (C=O) groups excluding carboxylic acids is 1. The molecule has 0 radical (unpaired) electrons. The van der Waals surface area contributed by atoms with Crippen LogP contribution in [-0.4, -0.2) is 25.1 Å². The Bertz CT molecular complexity index is 129. The minimum atomic E-state index is -0.174. The van der Waals surface area contributed by atoms with Crippen LogP contribution in [0, 0.1) is 0 Å². The molecule has 66 valence electrons. The van der Waals surface area contributed by atoms with Crippen molar-refractivity contribution in [2.45, 2.75) is 26.3 Å². The molecule has 4 heteroatoms. The summed E-state index contributed by atoms with van der Waals surface area (Å²) >= 11 is 0. The Kier molecular flexibility index (Phi) is 4.07. The predicted molar refractivity (Wildman–Crippen MR) is 42.9 cm³/mol. The monoisotopic (exact) mass is 160 g/mol. The highest BCUT2D eigenvalue weighted by Crippen LogP contribution is 1.96. The van der Waals surface area contributed by atoms with E-state index < -0.39 is 0 Å². The Morgan fingerprint density at radius 3 is 2.36 bits per heavy atom. The molecule has 0 rings (SSSR count). The van der Waals surface area contributed by atoms with E-state index in [4.69, 9.17) is 0 Å². The van der Waals surface area contributed by atoms with E-state index in [0.29, 0.717) is 0 Å². The maximum Gasteiger partial charge on any atom is 0.236 e. The Balaban J connectivity index is 3.53. The Hall–Kier alpha value is -0.610. The summed E-state index contributed by atoms with van der Waals surface area (Å²) in [4.78, 5) is 15.5. The van der Waals surface area contributed by atoms with Crippen molar-refractivity contribution in [3.8, 4) is 0 Å². The van der Waals surface area contributed by atoms with Gasteiger partial charge >= 0.3 is 0 Å². The van der Waals surface area contributed by atoms with Crippen LogP contribution < -0.4 is 10.8 Å². The van der Waals surface area contributed by atoms with Gasteiger partial charge in [0.2, 0.25) is 5.91 Å². The van der Waals surface area contributed by atoms with Gasteiger partial charge in [0, 0.05) is 5.54 Å². The molecular weight excluding hydrogens is 144 g/mol.